The number of carbonyl (C=O) groups is 2. The Labute approximate surface area is 156 Å². The highest BCUT2D eigenvalue weighted by Crippen LogP contribution is 2.23. The molecule has 0 saturated carbocycles. The van der Waals surface area contributed by atoms with E-state index in [-0.39, 0.29) is 11.1 Å². The fourth-order valence-electron chi connectivity index (χ4n) is 3.02. The fourth-order valence-corrected chi connectivity index (χ4v) is 3.02. The van der Waals surface area contributed by atoms with Crippen LogP contribution in [0.3, 0.4) is 0 Å². The topological polar surface area (TPSA) is 74.8 Å². The quantitative estimate of drug-likeness (QED) is 0.835. The molecule has 2 heterocycles. The minimum absolute atomic E-state index is 0.106. The molecule has 1 aromatic carbocycles. The summed E-state index contributed by atoms with van der Waals surface area (Å²) in [5.41, 5.74) is 3.91. The number of hydroxylamine groups is 1. The number of aromatic nitrogens is 1. The first-order chi connectivity index (χ1) is 13.0. The van der Waals surface area contributed by atoms with Crippen LogP contribution in [0, 0.1) is 12.7 Å². The van der Waals surface area contributed by atoms with Crippen LogP contribution in [0.5, 0.6) is 0 Å². The lowest BCUT2D eigenvalue weighted by molar-refractivity contribution is -0.122. The van der Waals surface area contributed by atoms with Crippen LogP contribution in [0.4, 0.5) is 10.1 Å². The lowest BCUT2D eigenvalue weighted by Crippen LogP contribution is -2.45. The van der Waals surface area contributed by atoms with Crippen LogP contribution in [0.2, 0.25) is 0 Å². The summed E-state index contributed by atoms with van der Waals surface area (Å²) in [4.78, 5) is 36.2. The van der Waals surface area contributed by atoms with Gasteiger partial charge in [-0.1, -0.05) is 0 Å². The number of hydrazine groups is 1. The van der Waals surface area contributed by atoms with E-state index >= 15 is 0 Å². The number of pyridine rings is 1. The fraction of sp³-hybridized carbons (Fsp3) is 0.316. The molecule has 0 spiro atoms. The van der Waals surface area contributed by atoms with Crippen LogP contribution in [-0.4, -0.2) is 42.2 Å². The Balaban J connectivity index is 1.79. The maximum Gasteiger partial charge on any atom is 0.299 e. The van der Waals surface area contributed by atoms with Crippen molar-refractivity contribution in [3.05, 3.63) is 59.2 Å². The van der Waals surface area contributed by atoms with Gasteiger partial charge in [0.05, 0.1) is 18.4 Å². The molecule has 1 aliphatic heterocycles. The van der Waals surface area contributed by atoms with Crippen molar-refractivity contribution in [1.29, 1.82) is 0 Å². The molecule has 27 heavy (non-hydrogen) atoms. The maximum absolute atomic E-state index is 14.0. The van der Waals surface area contributed by atoms with E-state index in [0.29, 0.717) is 16.6 Å². The lowest BCUT2D eigenvalue weighted by atomic mass is 10.1. The number of aryl methyl sites for hydroxylation is 1. The van der Waals surface area contributed by atoms with Crippen molar-refractivity contribution in [2.75, 3.05) is 25.1 Å². The van der Waals surface area contributed by atoms with Gasteiger partial charge in [-0.15, -0.1) is 5.17 Å². The van der Waals surface area contributed by atoms with Gasteiger partial charge in [-0.05, 0) is 50.1 Å². The zero-order chi connectivity index (χ0) is 19.4. The van der Waals surface area contributed by atoms with Gasteiger partial charge in [-0.25, -0.2) is 9.82 Å². The van der Waals surface area contributed by atoms with Crippen LogP contribution >= 0.6 is 0 Å². The number of carbonyl (C=O) groups excluding carboxylic acids is 2. The SMILES string of the molecule is CON(NC(=O)c1cc(F)cc(N2CCCC2)c1)C(=O)c1cccnc1C. The molecule has 0 bridgehead atoms. The van der Waals surface area contributed by atoms with E-state index in [9.17, 15) is 14.0 Å². The predicted octanol–water partition coefficient (Wildman–Crippen LogP) is 2.48. The first-order valence-electron chi connectivity index (χ1n) is 8.66. The van der Waals surface area contributed by atoms with Gasteiger partial charge in [0.25, 0.3) is 11.8 Å². The molecule has 0 aliphatic carbocycles. The monoisotopic (exact) mass is 372 g/mol. The highest BCUT2D eigenvalue weighted by atomic mass is 19.1. The van der Waals surface area contributed by atoms with Gasteiger partial charge in [-0.2, -0.15) is 0 Å². The average Bonchev–Trinajstić information content (AvgIpc) is 3.20. The number of halogens is 1. The number of hydrogen-bond donors (Lipinski definition) is 1. The van der Waals surface area contributed by atoms with Gasteiger partial charge < -0.3 is 4.90 Å². The van der Waals surface area contributed by atoms with E-state index in [2.05, 4.69) is 10.4 Å². The summed E-state index contributed by atoms with van der Waals surface area (Å²) in [6.07, 6.45) is 3.64. The summed E-state index contributed by atoms with van der Waals surface area (Å²) < 4.78 is 14.0. The van der Waals surface area contributed by atoms with Gasteiger partial charge in [0.2, 0.25) is 0 Å². The van der Waals surface area contributed by atoms with Crippen molar-refractivity contribution in [2.24, 2.45) is 0 Å². The van der Waals surface area contributed by atoms with Crippen molar-refractivity contribution in [3.8, 4) is 0 Å². The number of anilines is 1. The predicted molar refractivity (Wildman–Crippen MR) is 97.5 cm³/mol. The van der Waals surface area contributed by atoms with Crippen molar-refractivity contribution < 1.29 is 18.8 Å². The molecule has 1 aliphatic rings. The van der Waals surface area contributed by atoms with Crippen LogP contribution in [-0.2, 0) is 4.84 Å². The van der Waals surface area contributed by atoms with Gasteiger partial charge in [0, 0.05) is 30.5 Å². The van der Waals surface area contributed by atoms with Crippen molar-refractivity contribution in [3.63, 3.8) is 0 Å². The second-order valence-corrected chi connectivity index (χ2v) is 6.25. The maximum atomic E-state index is 14.0. The Kier molecular flexibility index (Phi) is 5.66. The molecule has 142 valence electrons. The zero-order valence-electron chi connectivity index (χ0n) is 15.2. The number of rotatable bonds is 4. The first-order valence-corrected chi connectivity index (χ1v) is 8.66. The van der Waals surface area contributed by atoms with E-state index in [0.717, 1.165) is 32.0 Å². The third kappa shape index (κ3) is 4.22. The Morgan fingerprint density at radius 1 is 1.26 bits per heavy atom. The smallest absolute Gasteiger partial charge is 0.299 e. The molecule has 3 rings (SSSR count). The van der Waals surface area contributed by atoms with E-state index in [1.165, 1.54) is 13.2 Å². The molecule has 7 nitrogen and oxygen atoms in total. The molecule has 1 saturated heterocycles. The summed E-state index contributed by atoms with van der Waals surface area (Å²) in [5.74, 6) is -1.73. The normalized spacial score (nSPS) is 13.5. The Hall–Kier alpha value is -3.00. The Bertz CT molecular complexity index is 853. The number of benzene rings is 1. The van der Waals surface area contributed by atoms with Gasteiger partial charge in [0.1, 0.15) is 5.82 Å². The third-order valence-electron chi connectivity index (χ3n) is 4.42. The molecule has 0 unspecified atom stereocenters. The number of nitrogens with one attached hydrogen (secondary N) is 1. The molecule has 1 fully saturated rings. The molecular weight excluding hydrogens is 351 g/mol. The minimum atomic E-state index is -0.647. The van der Waals surface area contributed by atoms with Crippen molar-refractivity contribution in [2.45, 2.75) is 19.8 Å². The van der Waals surface area contributed by atoms with E-state index in [4.69, 9.17) is 4.84 Å². The molecule has 2 aromatic rings. The van der Waals surface area contributed by atoms with Crippen LogP contribution in [0.15, 0.2) is 36.5 Å². The molecule has 8 heteroatoms. The number of amides is 2. The third-order valence-corrected chi connectivity index (χ3v) is 4.42. The largest absolute Gasteiger partial charge is 0.371 e. The average molecular weight is 372 g/mol. The summed E-state index contributed by atoms with van der Waals surface area (Å²) in [5, 5.41) is 0.715. The summed E-state index contributed by atoms with van der Waals surface area (Å²) in [6, 6.07) is 7.33. The van der Waals surface area contributed by atoms with E-state index in [1.807, 2.05) is 4.90 Å². The zero-order valence-corrected chi connectivity index (χ0v) is 15.2. The second kappa shape index (κ2) is 8.13. The van der Waals surface area contributed by atoms with Crippen LogP contribution in [0.1, 0.15) is 39.3 Å². The van der Waals surface area contributed by atoms with Gasteiger partial charge >= 0.3 is 0 Å². The summed E-state index contributed by atoms with van der Waals surface area (Å²) in [6.45, 7) is 3.33. The minimum Gasteiger partial charge on any atom is -0.371 e. The summed E-state index contributed by atoms with van der Waals surface area (Å²) in [7, 11) is 1.26. The van der Waals surface area contributed by atoms with Crippen molar-refractivity contribution >= 4 is 17.5 Å². The molecule has 1 aromatic heterocycles. The Morgan fingerprint density at radius 3 is 2.67 bits per heavy atom. The second-order valence-electron chi connectivity index (χ2n) is 6.25. The molecule has 1 N–H and O–H groups in total. The van der Waals surface area contributed by atoms with E-state index < -0.39 is 17.6 Å². The van der Waals surface area contributed by atoms with Crippen LogP contribution in [0.25, 0.3) is 0 Å². The molecular formula is C19H21FN4O3. The van der Waals surface area contributed by atoms with Gasteiger partial charge in [0.15, 0.2) is 0 Å². The summed E-state index contributed by atoms with van der Waals surface area (Å²) >= 11 is 0. The lowest BCUT2D eigenvalue weighted by Gasteiger charge is -2.22. The molecule has 2 amide bonds. The number of hydrogen-bond acceptors (Lipinski definition) is 5. The highest BCUT2D eigenvalue weighted by Gasteiger charge is 2.22. The highest BCUT2D eigenvalue weighted by molar-refractivity contribution is 5.99. The molecule has 0 atom stereocenters. The van der Waals surface area contributed by atoms with Crippen molar-refractivity contribution in [1.82, 2.24) is 15.6 Å². The molecule has 0 radical (unpaired) electrons. The number of nitrogens with zero attached hydrogens (tertiary/aromatic N) is 3. The van der Waals surface area contributed by atoms with E-state index in [1.54, 1.807) is 31.3 Å². The van der Waals surface area contributed by atoms with Crippen LogP contribution < -0.4 is 10.3 Å². The van der Waals surface area contributed by atoms with Gasteiger partial charge in [-0.3, -0.25) is 19.4 Å². The standard InChI is InChI=1S/C19H21FN4O3/c1-13-17(6-5-7-21-13)19(26)24(27-2)22-18(25)14-10-15(20)12-16(11-14)23-8-3-4-9-23/h5-7,10-12H,3-4,8-9H2,1-2H3,(H,22,25). The Morgan fingerprint density at radius 2 is 2.00 bits per heavy atom. The first kappa shape index (κ1) is 18.8.